The van der Waals surface area contributed by atoms with Gasteiger partial charge in [0.2, 0.25) is 6.29 Å². The van der Waals surface area contributed by atoms with Gasteiger partial charge in [-0.15, -0.1) is 0 Å². The van der Waals surface area contributed by atoms with Crippen LogP contribution in [0.3, 0.4) is 0 Å². The van der Waals surface area contributed by atoms with E-state index in [-0.39, 0.29) is 6.29 Å². The number of hydrogen-bond acceptors (Lipinski definition) is 3. The minimum Gasteiger partial charge on any atom is -0.465 e. The summed E-state index contributed by atoms with van der Waals surface area (Å²) in [6.45, 7) is 0. The zero-order valence-corrected chi connectivity index (χ0v) is 11.5. The summed E-state index contributed by atoms with van der Waals surface area (Å²) in [5.41, 5.74) is 0.665. The predicted molar refractivity (Wildman–Crippen MR) is 74.0 cm³/mol. The Bertz CT molecular complexity index is 519. The number of ether oxygens (including phenoxy) is 2. The Hall–Kier alpha value is -1.53. The van der Waals surface area contributed by atoms with Crippen LogP contribution in [-0.2, 0) is 4.74 Å². The van der Waals surface area contributed by atoms with Crippen LogP contribution < -0.4 is 4.74 Å². The van der Waals surface area contributed by atoms with Gasteiger partial charge >= 0.3 is 0 Å². The van der Waals surface area contributed by atoms with E-state index in [2.05, 4.69) is 6.07 Å². The van der Waals surface area contributed by atoms with E-state index in [0.29, 0.717) is 17.6 Å². The molecule has 2 saturated heterocycles. The molecule has 104 valence electrons. The Morgan fingerprint density at radius 2 is 1.75 bits per heavy atom. The van der Waals surface area contributed by atoms with Crippen LogP contribution >= 0.6 is 0 Å². The highest BCUT2D eigenvalue weighted by Crippen LogP contribution is 2.50. The van der Waals surface area contributed by atoms with Gasteiger partial charge in [0, 0.05) is 5.92 Å². The third-order valence-electron chi connectivity index (χ3n) is 5.20. The second-order valence-electron chi connectivity index (χ2n) is 6.41. The smallest absolute Gasteiger partial charge is 0.202 e. The van der Waals surface area contributed by atoms with Gasteiger partial charge in [-0.05, 0) is 61.8 Å². The maximum Gasteiger partial charge on any atom is 0.202 e. The molecule has 4 aliphatic rings. The summed E-state index contributed by atoms with van der Waals surface area (Å²) in [5.74, 6) is 2.90. The molecule has 0 radical (unpaired) electrons. The van der Waals surface area contributed by atoms with E-state index in [4.69, 9.17) is 14.7 Å². The van der Waals surface area contributed by atoms with E-state index in [9.17, 15) is 0 Å². The first-order chi connectivity index (χ1) is 9.83. The van der Waals surface area contributed by atoms with Crippen molar-refractivity contribution in [2.24, 2.45) is 17.8 Å². The second kappa shape index (κ2) is 4.79. The molecule has 2 aliphatic heterocycles. The molecule has 20 heavy (non-hydrogen) atoms. The molecule has 0 N–H and O–H groups in total. The first kappa shape index (κ1) is 12.2. The molecule has 2 aliphatic carbocycles. The molecule has 0 spiro atoms. The molecular formula is C17H19NO2. The average Bonchev–Trinajstić information content (AvgIpc) is 2.48. The highest BCUT2D eigenvalue weighted by atomic mass is 16.7. The number of rotatable bonds is 2. The van der Waals surface area contributed by atoms with Crippen molar-refractivity contribution in [1.82, 2.24) is 0 Å². The molecule has 4 fully saturated rings. The third-order valence-corrected chi connectivity index (χ3v) is 5.20. The lowest BCUT2D eigenvalue weighted by molar-refractivity contribution is -0.260. The minimum atomic E-state index is -0.0847. The fourth-order valence-electron chi connectivity index (χ4n) is 4.31. The molecule has 4 bridgehead atoms. The minimum absolute atomic E-state index is 0.0847. The van der Waals surface area contributed by atoms with E-state index < -0.39 is 0 Å². The lowest BCUT2D eigenvalue weighted by Crippen LogP contribution is -2.54. The number of nitriles is 1. The van der Waals surface area contributed by atoms with Gasteiger partial charge in [-0.2, -0.15) is 5.26 Å². The molecule has 0 amide bonds. The normalized spacial score (nSPS) is 38.2. The highest BCUT2D eigenvalue weighted by Gasteiger charge is 2.50. The second-order valence-corrected chi connectivity index (χ2v) is 6.41. The molecule has 2 saturated carbocycles. The molecule has 3 nitrogen and oxygen atoms in total. The quantitative estimate of drug-likeness (QED) is 0.825. The third kappa shape index (κ3) is 1.99. The van der Waals surface area contributed by atoms with Crippen molar-refractivity contribution in [3.05, 3.63) is 29.8 Å². The molecule has 3 heteroatoms. The van der Waals surface area contributed by atoms with Crippen LogP contribution in [0, 0.1) is 29.1 Å². The van der Waals surface area contributed by atoms with Crippen molar-refractivity contribution in [2.75, 3.05) is 0 Å². The van der Waals surface area contributed by atoms with Gasteiger partial charge in [-0.25, -0.2) is 0 Å². The van der Waals surface area contributed by atoms with E-state index in [1.165, 1.54) is 32.1 Å². The van der Waals surface area contributed by atoms with Gasteiger partial charge in [0.15, 0.2) is 0 Å². The summed E-state index contributed by atoms with van der Waals surface area (Å²) in [4.78, 5) is 0. The van der Waals surface area contributed by atoms with Crippen LogP contribution in [-0.4, -0.2) is 12.4 Å². The molecular weight excluding hydrogens is 250 g/mol. The van der Waals surface area contributed by atoms with Crippen molar-refractivity contribution in [3.63, 3.8) is 0 Å². The van der Waals surface area contributed by atoms with Crippen LogP contribution in [0.15, 0.2) is 24.3 Å². The Balaban J connectivity index is 1.47. The number of nitrogens with zero attached hydrogens (tertiary/aromatic N) is 1. The topological polar surface area (TPSA) is 42.2 Å². The highest BCUT2D eigenvalue weighted by molar-refractivity contribution is 5.34. The summed E-state index contributed by atoms with van der Waals surface area (Å²) in [6, 6.07) is 9.45. The zero-order valence-electron chi connectivity index (χ0n) is 11.5. The van der Waals surface area contributed by atoms with Gasteiger partial charge in [0.25, 0.3) is 0 Å². The Labute approximate surface area is 119 Å². The van der Waals surface area contributed by atoms with Gasteiger partial charge < -0.3 is 9.47 Å². The van der Waals surface area contributed by atoms with E-state index in [0.717, 1.165) is 17.6 Å². The number of benzene rings is 1. The maximum atomic E-state index is 8.81. The summed E-state index contributed by atoms with van der Waals surface area (Å²) in [5, 5.41) is 8.81. The standard InChI is InChI=1S/C17H19NO2/c18-10-11-4-6-15(7-5-11)19-17-14-8-12-2-1-3-13(9-14)16(12)20-17/h4-7,12-14,16-17H,1-3,8-9H2. The molecule has 5 rings (SSSR count). The Kier molecular flexibility index (Phi) is 2.93. The molecule has 1 aromatic carbocycles. The lowest BCUT2D eigenvalue weighted by Gasteiger charge is -2.53. The van der Waals surface area contributed by atoms with Gasteiger partial charge in [0.05, 0.1) is 17.7 Å². The lowest BCUT2D eigenvalue weighted by atomic mass is 9.64. The van der Waals surface area contributed by atoms with E-state index in [1.807, 2.05) is 12.1 Å². The van der Waals surface area contributed by atoms with Crippen LogP contribution in [0.4, 0.5) is 0 Å². The van der Waals surface area contributed by atoms with Crippen LogP contribution in [0.5, 0.6) is 5.75 Å². The molecule has 2 heterocycles. The fraction of sp³-hybridized carbons (Fsp3) is 0.588. The maximum absolute atomic E-state index is 8.81. The van der Waals surface area contributed by atoms with Crippen LogP contribution in [0.2, 0.25) is 0 Å². The Morgan fingerprint density at radius 3 is 2.35 bits per heavy atom. The van der Waals surface area contributed by atoms with Crippen LogP contribution in [0.1, 0.15) is 37.7 Å². The first-order valence-corrected chi connectivity index (χ1v) is 7.66. The van der Waals surface area contributed by atoms with E-state index >= 15 is 0 Å². The van der Waals surface area contributed by atoms with Crippen molar-refractivity contribution in [2.45, 2.75) is 44.5 Å². The van der Waals surface area contributed by atoms with Crippen molar-refractivity contribution < 1.29 is 9.47 Å². The first-order valence-electron chi connectivity index (χ1n) is 7.66. The predicted octanol–water partition coefficient (Wildman–Crippen LogP) is 3.49. The van der Waals surface area contributed by atoms with E-state index in [1.54, 1.807) is 12.1 Å². The van der Waals surface area contributed by atoms with Gasteiger partial charge in [-0.1, -0.05) is 6.42 Å². The average molecular weight is 269 g/mol. The Morgan fingerprint density at radius 1 is 1.05 bits per heavy atom. The summed E-state index contributed by atoms with van der Waals surface area (Å²) >= 11 is 0. The van der Waals surface area contributed by atoms with Crippen molar-refractivity contribution in [1.29, 1.82) is 5.26 Å². The monoisotopic (exact) mass is 269 g/mol. The largest absolute Gasteiger partial charge is 0.465 e. The van der Waals surface area contributed by atoms with Crippen molar-refractivity contribution >= 4 is 0 Å². The summed E-state index contributed by atoms with van der Waals surface area (Å²) in [6.07, 6.45) is 6.92. The SMILES string of the molecule is N#Cc1ccc(OC2OC3C4CCCC3CC2C4)cc1. The number of fused-ring (bicyclic) bond motifs is 1. The summed E-state index contributed by atoms with van der Waals surface area (Å²) < 4.78 is 12.2. The van der Waals surface area contributed by atoms with Crippen LogP contribution in [0.25, 0.3) is 0 Å². The number of hydrogen-bond donors (Lipinski definition) is 0. The van der Waals surface area contributed by atoms with Crippen molar-refractivity contribution in [3.8, 4) is 11.8 Å². The molecule has 3 unspecified atom stereocenters. The van der Waals surface area contributed by atoms with Gasteiger partial charge in [-0.3, -0.25) is 0 Å². The zero-order chi connectivity index (χ0) is 13.5. The fourth-order valence-corrected chi connectivity index (χ4v) is 4.31. The molecule has 3 atom stereocenters. The molecule has 0 aromatic heterocycles. The van der Waals surface area contributed by atoms with Gasteiger partial charge in [0.1, 0.15) is 5.75 Å². The summed E-state index contributed by atoms with van der Waals surface area (Å²) in [7, 11) is 0. The molecule has 1 aromatic rings.